The maximum absolute atomic E-state index is 10.2. The largest absolute Gasteiger partial charge is 0.390 e. The highest BCUT2D eigenvalue weighted by atomic mass is 32.1. The van der Waals surface area contributed by atoms with Crippen molar-refractivity contribution < 1.29 is 5.11 Å². The van der Waals surface area contributed by atoms with E-state index in [-0.39, 0.29) is 0 Å². The summed E-state index contributed by atoms with van der Waals surface area (Å²) in [6.07, 6.45) is 3.01. The molecule has 1 aromatic carbocycles. The van der Waals surface area contributed by atoms with Gasteiger partial charge in [-0.25, -0.2) is 9.97 Å². The van der Waals surface area contributed by atoms with Crippen molar-refractivity contribution in [2.45, 2.75) is 50.7 Å². The number of nitrogens with two attached hydrogens (primary N) is 1. The minimum absolute atomic E-state index is 0.310. The fraction of sp³-hybridized carbons (Fsp3) is 0.296. The van der Waals surface area contributed by atoms with Crippen LogP contribution in [0.15, 0.2) is 60.1 Å². The van der Waals surface area contributed by atoms with Gasteiger partial charge in [0.1, 0.15) is 0 Å². The second kappa shape index (κ2) is 7.43. The van der Waals surface area contributed by atoms with Gasteiger partial charge in [-0.3, -0.25) is 0 Å². The Morgan fingerprint density at radius 2 is 1.88 bits per heavy atom. The molecular weight excluding hydrogens is 442 g/mol. The fourth-order valence-corrected chi connectivity index (χ4v) is 5.89. The first-order chi connectivity index (χ1) is 16.2. The van der Waals surface area contributed by atoms with Crippen LogP contribution in [0.25, 0.3) is 38.4 Å². The summed E-state index contributed by atoms with van der Waals surface area (Å²) in [6, 6.07) is 16.7. The number of rotatable bonds is 4. The van der Waals surface area contributed by atoms with Crippen molar-refractivity contribution in [3.8, 4) is 21.7 Å². The third-order valence-electron chi connectivity index (χ3n) is 6.78. The van der Waals surface area contributed by atoms with E-state index in [1.807, 2.05) is 23.7 Å². The zero-order valence-electron chi connectivity index (χ0n) is 19.5. The number of thiophene rings is 1. The van der Waals surface area contributed by atoms with E-state index in [0.717, 1.165) is 49.6 Å². The van der Waals surface area contributed by atoms with Crippen molar-refractivity contribution in [3.63, 3.8) is 0 Å². The van der Waals surface area contributed by atoms with Crippen molar-refractivity contribution in [1.29, 1.82) is 0 Å². The van der Waals surface area contributed by atoms with Crippen LogP contribution in [0.1, 0.15) is 50.8 Å². The van der Waals surface area contributed by atoms with E-state index in [1.165, 1.54) is 0 Å². The van der Waals surface area contributed by atoms with Gasteiger partial charge in [0.2, 0.25) is 0 Å². The number of hydrogen-bond donors (Lipinski definition) is 2. The molecule has 0 radical (unpaired) electrons. The Morgan fingerprint density at radius 1 is 1.12 bits per heavy atom. The van der Waals surface area contributed by atoms with Crippen molar-refractivity contribution in [2.75, 3.05) is 0 Å². The maximum atomic E-state index is 10.2. The lowest BCUT2D eigenvalue weighted by molar-refractivity contribution is -0.0738. The summed E-state index contributed by atoms with van der Waals surface area (Å²) >= 11 is 1.69. The summed E-state index contributed by atoms with van der Waals surface area (Å²) in [5.41, 5.74) is 12.0. The standard InChI is InChI=1S/C27H27N5OS/c1-16(2)21-12-23-29-13-18-11-20(22-5-4-10-34-22)24(30-25(18)32(23)31-21)17-6-8-19(9-7-17)27(28)14-26(3,33)15-27/h4-13,16,33H,14-15,28H2,1-3H3/t26-,27+. The molecule has 7 heteroatoms. The topological polar surface area (TPSA) is 89.3 Å². The lowest BCUT2D eigenvalue weighted by Crippen LogP contribution is -2.58. The highest BCUT2D eigenvalue weighted by Crippen LogP contribution is 2.46. The minimum atomic E-state index is -0.683. The van der Waals surface area contributed by atoms with Crippen LogP contribution in [0, 0.1) is 0 Å². The van der Waals surface area contributed by atoms with E-state index in [2.05, 4.69) is 66.7 Å². The van der Waals surface area contributed by atoms with Gasteiger partial charge >= 0.3 is 0 Å². The molecule has 4 heterocycles. The third kappa shape index (κ3) is 3.43. The molecule has 0 bridgehead atoms. The van der Waals surface area contributed by atoms with Crippen LogP contribution in [0.3, 0.4) is 0 Å². The van der Waals surface area contributed by atoms with Gasteiger partial charge in [-0.1, -0.05) is 44.2 Å². The summed E-state index contributed by atoms with van der Waals surface area (Å²) in [4.78, 5) is 10.9. The van der Waals surface area contributed by atoms with Gasteiger partial charge < -0.3 is 10.8 Å². The Balaban J connectivity index is 1.52. The first kappa shape index (κ1) is 21.4. The number of hydrogen-bond acceptors (Lipinski definition) is 6. The zero-order chi connectivity index (χ0) is 23.7. The summed E-state index contributed by atoms with van der Waals surface area (Å²) in [6.45, 7) is 6.10. The molecule has 0 atom stereocenters. The summed E-state index contributed by atoms with van der Waals surface area (Å²) < 4.78 is 1.85. The Labute approximate surface area is 202 Å². The Kier molecular flexibility index (Phi) is 4.68. The number of fused-ring (bicyclic) bond motifs is 3. The molecule has 6 nitrogen and oxygen atoms in total. The lowest BCUT2D eigenvalue weighted by Gasteiger charge is -2.49. The quantitative estimate of drug-likeness (QED) is 0.363. The van der Waals surface area contributed by atoms with E-state index in [4.69, 9.17) is 15.8 Å². The molecule has 0 aliphatic heterocycles. The second-order valence-electron chi connectivity index (χ2n) is 10.1. The Morgan fingerprint density at radius 3 is 2.53 bits per heavy atom. The predicted octanol–water partition coefficient (Wildman–Crippen LogP) is 5.50. The van der Waals surface area contributed by atoms with Gasteiger partial charge in [0, 0.05) is 39.2 Å². The van der Waals surface area contributed by atoms with Crippen LogP contribution in [0.2, 0.25) is 0 Å². The average Bonchev–Trinajstić information content (AvgIpc) is 3.47. The van der Waals surface area contributed by atoms with E-state index in [1.54, 1.807) is 11.3 Å². The van der Waals surface area contributed by atoms with Gasteiger partial charge in [-0.15, -0.1) is 11.3 Å². The molecule has 4 aromatic heterocycles. The molecule has 1 saturated carbocycles. The molecule has 0 spiro atoms. The Bertz CT molecular complexity index is 1510. The summed E-state index contributed by atoms with van der Waals surface area (Å²) in [7, 11) is 0. The first-order valence-electron chi connectivity index (χ1n) is 11.6. The van der Waals surface area contributed by atoms with Crippen molar-refractivity contribution in [1.82, 2.24) is 19.6 Å². The highest BCUT2D eigenvalue weighted by molar-refractivity contribution is 7.13. The number of benzene rings is 1. The molecule has 0 amide bonds. The molecule has 0 saturated heterocycles. The molecule has 172 valence electrons. The molecule has 6 rings (SSSR count). The second-order valence-corrected chi connectivity index (χ2v) is 11.1. The minimum Gasteiger partial charge on any atom is -0.390 e. The van der Waals surface area contributed by atoms with E-state index < -0.39 is 11.1 Å². The third-order valence-corrected chi connectivity index (χ3v) is 7.68. The number of aliphatic hydroxyl groups is 1. The van der Waals surface area contributed by atoms with E-state index in [0.29, 0.717) is 18.8 Å². The summed E-state index contributed by atoms with van der Waals surface area (Å²) in [5, 5.41) is 18.0. The van der Waals surface area contributed by atoms with Crippen LogP contribution in [0.4, 0.5) is 0 Å². The van der Waals surface area contributed by atoms with Crippen LogP contribution >= 0.6 is 11.3 Å². The monoisotopic (exact) mass is 469 g/mol. The van der Waals surface area contributed by atoms with Crippen LogP contribution in [0.5, 0.6) is 0 Å². The Hall–Kier alpha value is -3.13. The molecule has 1 fully saturated rings. The molecule has 3 N–H and O–H groups in total. The highest BCUT2D eigenvalue weighted by Gasteiger charge is 2.49. The van der Waals surface area contributed by atoms with Crippen molar-refractivity contribution >= 4 is 28.0 Å². The fourth-order valence-electron chi connectivity index (χ4n) is 5.15. The predicted molar refractivity (Wildman–Crippen MR) is 137 cm³/mol. The van der Waals surface area contributed by atoms with Crippen molar-refractivity contribution in [3.05, 3.63) is 71.4 Å². The van der Waals surface area contributed by atoms with E-state index >= 15 is 0 Å². The lowest BCUT2D eigenvalue weighted by atomic mass is 9.63. The smallest absolute Gasteiger partial charge is 0.165 e. The van der Waals surface area contributed by atoms with Crippen LogP contribution in [-0.4, -0.2) is 30.3 Å². The zero-order valence-corrected chi connectivity index (χ0v) is 20.3. The van der Waals surface area contributed by atoms with Gasteiger partial charge in [0.15, 0.2) is 11.3 Å². The summed E-state index contributed by atoms with van der Waals surface area (Å²) in [5.74, 6) is 0.310. The molecular formula is C27H27N5OS. The number of aromatic nitrogens is 4. The normalized spacial score (nSPS) is 22.5. The van der Waals surface area contributed by atoms with E-state index in [9.17, 15) is 5.11 Å². The molecule has 5 aromatic rings. The molecule has 0 unspecified atom stereocenters. The average molecular weight is 470 g/mol. The molecule has 1 aliphatic carbocycles. The van der Waals surface area contributed by atoms with Gasteiger partial charge in [-0.05, 0) is 48.8 Å². The SMILES string of the molecule is CC(C)c1cc2ncc3cc(-c4cccs4)c(-c4ccc([C@]5(N)C[C@@](C)(O)C5)cc4)nc3n2n1. The van der Waals surface area contributed by atoms with Gasteiger partial charge in [0.25, 0.3) is 0 Å². The molecule has 1 aliphatic rings. The van der Waals surface area contributed by atoms with Gasteiger partial charge in [0.05, 0.1) is 17.0 Å². The van der Waals surface area contributed by atoms with Crippen LogP contribution in [-0.2, 0) is 5.54 Å². The number of nitrogens with zero attached hydrogens (tertiary/aromatic N) is 4. The maximum Gasteiger partial charge on any atom is 0.165 e. The number of pyridine rings is 1. The van der Waals surface area contributed by atoms with Crippen LogP contribution < -0.4 is 5.73 Å². The van der Waals surface area contributed by atoms with Crippen molar-refractivity contribution in [2.24, 2.45) is 5.73 Å². The van der Waals surface area contributed by atoms with Gasteiger partial charge in [-0.2, -0.15) is 9.61 Å². The molecule has 34 heavy (non-hydrogen) atoms. The first-order valence-corrected chi connectivity index (χ1v) is 12.5.